The Balaban J connectivity index is 1.47. The quantitative estimate of drug-likeness (QED) is 0.541. The smallest absolute Gasteiger partial charge is 0.406 e. The molecular weight excluding hydrogens is 461 g/mol. The standard InChI is InChI=1S/C22H16F5N5O2/c23-14-3-1-13(2-4-14)20-18(21-28-9-15(24)10-29-21)11-32(31-20)12-19(33)30-16-5-7-17(8-6-16)34-22(25,26)27/h1-10,18H,11-12H2,(H,30,33). The number of nitrogens with one attached hydrogen (secondary N) is 1. The van der Waals surface area contributed by atoms with E-state index in [0.717, 1.165) is 24.5 Å². The minimum Gasteiger partial charge on any atom is -0.406 e. The third-order valence-corrected chi connectivity index (χ3v) is 4.76. The van der Waals surface area contributed by atoms with Crippen molar-refractivity contribution >= 4 is 17.3 Å². The predicted molar refractivity (Wildman–Crippen MR) is 111 cm³/mol. The van der Waals surface area contributed by atoms with Crippen molar-refractivity contribution in [3.05, 3.63) is 83.9 Å². The average molecular weight is 477 g/mol. The molecule has 1 N–H and O–H groups in total. The molecule has 12 heteroatoms. The van der Waals surface area contributed by atoms with Gasteiger partial charge in [0.1, 0.15) is 23.9 Å². The third kappa shape index (κ3) is 5.82. The van der Waals surface area contributed by atoms with Crippen LogP contribution in [0.5, 0.6) is 5.75 Å². The first-order chi connectivity index (χ1) is 16.2. The Hall–Kier alpha value is -4.09. The molecule has 1 aliphatic rings. The highest BCUT2D eigenvalue weighted by Gasteiger charge is 2.33. The summed E-state index contributed by atoms with van der Waals surface area (Å²) in [5.74, 6) is -2.15. The van der Waals surface area contributed by atoms with E-state index in [1.807, 2.05) is 0 Å². The van der Waals surface area contributed by atoms with Crippen molar-refractivity contribution in [3.63, 3.8) is 0 Å². The van der Waals surface area contributed by atoms with Gasteiger partial charge in [0.25, 0.3) is 0 Å². The van der Waals surface area contributed by atoms with Gasteiger partial charge in [0.15, 0.2) is 5.82 Å². The molecule has 1 aromatic heterocycles. The van der Waals surface area contributed by atoms with Gasteiger partial charge in [-0.15, -0.1) is 13.2 Å². The van der Waals surface area contributed by atoms with Gasteiger partial charge in [-0.25, -0.2) is 18.7 Å². The predicted octanol–water partition coefficient (Wildman–Crippen LogP) is 4.10. The summed E-state index contributed by atoms with van der Waals surface area (Å²) < 4.78 is 67.3. The number of amides is 1. The van der Waals surface area contributed by atoms with E-state index in [9.17, 15) is 26.7 Å². The first-order valence-corrected chi connectivity index (χ1v) is 9.89. The van der Waals surface area contributed by atoms with Crippen molar-refractivity contribution in [2.45, 2.75) is 12.3 Å². The lowest BCUT2D eigenvalue weighted by Gasteiger charge is -2.15. The lowest BCUT2D eigenvalue weighted by atomic mass is 9.96. The molecule has 34 heavy (non-hydrogen) atoms. The van der Waals surface area contributed by atoms with Crippen LogP contribution in [0, 0.1) is 11.6 Å². The summed E-state index contributed by atoms with van der Waals surface area (Å²) in [6.07, 6.45) is -2.77. The van der Waals surface area contributed by atoms with E-state index in [4.69, 9.17) is 0 Å². The summed E-state index contributed by atoms with van der Waals surface area (Å²) in [7, 11) is 0. The zero-order valence-corrected chi connectivity index (χ0v) is 17.3. The second-order valence-electron chi connectivity index (χ2n) is 7.27. The minimum atomic E-state index is -4.81. The number of anilines is 1. The fourth-order valence-corrected chi connectivity index (χ4v) is 3.35. The van der Waals surface area contributed by atoms with Gasteiger partial charge < -0.3 is 10.1 Å². The SMILES string of the molecule is O=C(CN1CC(c2ncc(F)cn2)C(c2ccc(F)cc2)=N1)Nc1ccc(OC(F)(F)F)cc1. The summed E-state index contributed by atoms with van der Waals surface area (Å²) in [5.41, 5.74) is 1.33. The molecule has 3 aromatic rings. The van der Waals surface area contributed by atoms with Crippen LogP contribution in [0.25, 0.3) is 0 Å². The van der Waals surface area contributed by atoms with Crippen molar-refractivity contribution in [2.75, 3.05) is 18.4 Å². The second kappa shape index (κ2) is 9.41. The molecule has 0 aliphatic carbocycles. The van der Waals surface area contributed by atoms with Gasteiger partial charge in [0, 0.05) is 5.69 Å². The van der Waals surface area contributed by atoms with E-state index in [0.29, 0.717) is 11.3 Å². The molecule has 0 fully saturated rings. The Morgan fingerprint density at radius 1 is 1.00 bits per heavy atom. The number of ether oxygens (including phenoxy) is 1. The maximum atomic E-state index is 13.4. The van der Waals surface area contributed by atoms with E-state index in [1.165, 1.54) is 41.4 Å². The van der Waals surface area contributed by atoms with Gasteiger partial charge in [0.05, 0.1) is 30.6 Å². The molecule has 7 nitrogen and oxygen atoms in total. The molecule has 1 unspecified atom stereocenters. The summed E-state index contributed by atoms with van der Waals surface area (Å²) >= 11 is 0. The molecule has 2 aromatic carbocycles. The van der Waals surface area contributed by atoms with Crippen LogP contribution < -0.4 is 10.1 Å². The fraction of sp³-hybridized carbons (Fsp3) is 0.182. The first kappa shape index (κ1) is 23.1. The average Bonchev–Trinajstić information content (AvgIpc) is 3.18. The molecule has 1 atom stereocenters. The van der Waals surface area contributed by atoms with Crippen molar-refractivity contribution < 1.29 is 31.5 Å². The molecule has 4 rings (SSSR count). The summed E-state index contributed by atoms with van der Waals surface area (Å²) in [6.45, 7) is 0.00726. The summed E-state index contributed by atoms with van der Waals surface area (Å²) in [6, 6.07) is 10.3. The molecule has 1 amide bonds. The second-order valence-corrected chi connectivity index (χ2v) is 7.27. The van der Waals surface area contributed by atoms with Gasteiger partial charge in [-0.05, 0) is 42.0 Å². The van der Waals surface area contributed by atoms with E-state index >= 15 is 0 Å². The number of aromatic nitrogens is 2. The summed E-state index contributed by atoms with van der Waals surface area (Å²) in [5, 5.41) is 8.47. The number of carbonyl (C=O) groups is 1. The number of rotatable bonds is 6. The number of halogens is 5. The number of hydrazone groups is 1. The lowest BCUT2D eigenvalue weighted by molar-refractivity contribution is -0.274. The van der Waals surface area contributed by atoms with Gasteiger partial charge in [-0.2, -0.15) is 5.10 Å². The molecule has 0 spiro atoms. The number of nitrogens with zero attached hydrogens (tertiary/aromatic N) is 4. The number of alkyl halides is 3. The van der Waals surface area contributed by atoms with E-state index in [-0.39, 0.29) is 24.6 Å². The number of hydrogen-bond donors (Lipinski definition) is 1. The Morgan fingerprint density at radius 2 is 1.65 bits per heavy atom. The molecule has 1 aliphatic heterocycles. The highest BCUT2D eigenvalue weighted by Crippen LogP contribution is 2.27. The van der Waals surface area contributed by atoms with E-state index in [2.05, 4.69) is 25.1 Å². The lowest BCUT2D eigenvalue weighted by Crippen LogP contribution is -2.29. The summed E-state index contributed by atoms with van der Waals surface area (Å²) in [4.78, 5) is 20.5. The minimum absolute atomic E-state index is 0.191. The topological polar surface area (TPSA) is 79.7 Å². The maximum absolute atomic E-state index is 13.4. The van der Waals surface area contributed by atoms with Crippen LogP contribution in [0.2, 0.25) is 0 Å². The van der Waals surface area contributed by atoms with E-state index in [1.54, 1.807) is 0 Å². The fourth-order valence-electron chi connectivity index (χ4n) is 3.35. The molecule has 176 valence electrons. The maximum Gasteiger partial charge on any atom is 0.573 e. The normalized spacial score (nSPS) is 15.7. The monoisotopic (exact) mass is 477 g/mol. The van der Waals surface area contributed by atoms with Gasteiger partial charge in [-0.1, -0.05) is 12.1 Å². The Labute approximate surface area is 189 Å². The third-order valence-electron chi connectivity index (χ3n) is 4.76. The Kier molecular flexibility index (Phi) is 6.39. The van der Waals surface area contributed by atoms with Crippen LogP contribution in [0.15, 0.2) is 66.0 Å². The molecular formula is C22H16F5N5O2. The number of benzene rings is 2. The van der Waals surface area contributed by atoms with Crippen molar-refractivity contribution in [3.8, 4) is 5.75 Å². The van der Waals surface area contributed by atoms with E-state index < -0.39 is 35.6 Å². The Morgan fingerprint density at radius 3 is 2.26 bits per heavy atom. The van der Waals surface area contributed by atoms with Crippen LogP contribution >= 0.6 is 0 Å². The zero-order chi connectivity index (χ0) is 24.3. The van der Waals surface area contributed by atoms with Crippen LogP contribution in [-0.2, 0) is 4.79 Å². The molecule has 0 saturated carbocycles. The zero-order valence-electron chi connectivity index (χ0n) is 17.3. The number of carbonyl (C=O) groups excluding carboxylic acids is 1. The van der Waals surface area contributed by atoms with Crippen LogP contribution in [0.3, 0.4) is 0 Å². The number of hydrogen-bond acceptors (Lipinski definition) is 6. The van der Waals surface area contributed by atoms with Gasteiger partial charge in [-0.3, -0.25) is 9.80 Å². The van der Waals surface area contributed by atoms with Crippen LogP contribution in [0.1, 0.15) is 17.3 Å². The van der Waals surface area contributed by atoms with Crippen molar-refractivity contribution in [2.24, 2.45) is 5.10 Å². The first-order valence-electron chi connectivity index (χ1n) is 9.89. The molecule has 2 heterocycles. The largest absolute Gasteiger partial charge is 0.573 e. The molecule has 0 radical (unpaired) electrons. The van der Waals surface area contributed by atoms with Gasteiger partial charge in [0.2, 0.25) is 5.91 Å². The van der Waals surface area contributed by atoms with Crippen molar-refractivity contribution in [1.29, 1.82) is 0 Å². The highest BCUT2D eigenvalue weighted by molar-refractivity contribution is 6.06. The molecule has 0 bridgehead atoms. The molecule has 0 saturated heterocycles. The van der Waals surface area contributed by atoms with Gasteiger partial charge >= 0.3 is 6.36 Å². The van der Waals surface area contributed by atoms with Crippen LogP contribution in [0.4, 0.5) is 27.6 Å². The van der Waals surface area contributed by atoms with Crippen molar-refractivity contribution in [1.82, 2.24) is 15.0 Å². The Bertz CT molecular complexity index is 1180. The highest BCUT2D eigenvalue weighted by atomic mass is 19.4. The van der Waals surface area contributed by atoms with Crippen LogP contribution in [-0.4, -0.2) is 46.0 Å².